The van der Waals surface area contributed by atoms with E-state index in [1.165, 1.54) is 23.1 Å². The Bertz CT molecular complexity index is 1200. The lowest BCUT2D eigenvalue weighted by atomic mass is 10.0. The van der Waals surface area contributed by atoms with Crippen LogP contribution in [0.3, 0.4) is 0 Å². The first kappa shape index (κ1) is 20.3. The van der Waals surface area contributed by atoms with Crippen LogP contribution in [0.15, 0.2) is 54.6 Å². The third-order valence-corrected chi connectivity index (χ3v) is 5.25. The highest BCUT2D eigenvalue weighted by Crippen LogP contribution is 2.34. The number of carbonyl (C=O) groups excluding carboxylic acids is 3. The third kappa shape index (κ3) is 3.57. The number of carbonyl (C=O) groups is 3. The molecule has 31 heavy (non-hydrogen) atoms. The van der Waals surface area contributed by atoms with Gasteiger partial charge in [-0.15, -0.1) is 0 Å². The monoisotopic (exact) mass is 415 g/mol. The van der Waals surface area contributed by atoms with Crippen molar-refractivity contribution in [3.63, 3.8) is 0 Å². The van der Waals surface area contributed by atoms with E-state index < -0.39 is 17.8 Å². The molecule has 0 fully saturated rings. The molecule has 0 N–H and O–H groups in total. The van der Waals surface area contributed by atoms with Crippen molar-refractivity contribution in [3.05, 3.63) is 88.0 Å². The number of imide groups is 1. The summed E-state index contributed by atoms with van der Waals surface area (Å²) < 4.78 is 10.5. The quantitative estimate of drug-likeness (QED) is 0.353. The summed E-state index contributed by atoms with van der Waals surface area (Å²) in [5.41, 5.74) is 3.96. The standard InChI is InChI=1S/C25H21NO5/c1-14-11-15(2)22(16(3)12-14)26-23(27)20-10-5-17(13-21(20)24(26)28)25(29)31-19-8-6-18(30-4)7-9-19/h5-13H,1-4H3. The Kier molecular flexibility index (Phi) is 5.07. The van der Waals surface area contributed by atoms with Crippen LogP contribution in [-0.2, 0) is 0 Å². The van der Waals surface area contributed by atoms with Gasteiger partial charge in [-0.05, 0) is 74.4 Å². The number of esters is 1. The second-order valence-corrected chi connectivity index (χ2v) is 7.52. The normalized spacial score (nSPS) is 12.7. The molecule has 0 aliphatic carbocycles. The molecule has 3 aromatic rings. The molecule has 0 atom stereocenters. The Hall–Kier alpha value is -3.93. The maximum absolute atomic E-state index is 13.1. The number of nitrogens with zero attached hydrogens (tertiary/aromatic N) is 1. The van der Waals surface area contributed by atoms with Crippen LogP contribution in [0.4, 0.5) is 5.69 Å². The van der Waals surface area contributed by atoms with Crippen molar-refractivity contribution in [1.29, 1.82) is 0 Å². The van der Waals surface area contributed by atoms with E-state index >= 15 is 0 Å². The molecule has 0 unspecified atom stereocenters. The lowest BCUT2D eigenvalue weighted by molar-refractivity contribution is 0.0734. The second kappa shape index (κ2) is 7.72. The highest BCUT2D eigenvalue weighted by Gasteiger charge is 2.38. The fraction of sp³-hybridized carbons (Fsp3) is 0.160. The number of fused-ring (bicyclic) bond motifs is 1. The van der Waals surface area contributed by atoms with Gasteiger partial charge in [0.2, 0.25) is 0 Å². The topological polar surface area (TPSA) is 72.9 Å². The van der Waals surface area contributed by atoms with Crippen LogP contribution >= 0.6 is 0 Å². The third-order valence-electron chi connectivity index (χ3n) is 5.25. The zero-order chi connectivity index (χ0) is 22.3. The van der Waals surface area contributed by atoms with Crippen LogP contribution in [0.25, 0.3) is 0 Å². The molecule has 1 aliphatic heterocycles. The molecule has 3 aromatic carbocycles. The van der Waals surface area contributed by atoms with Crippen LogP contribution < -0.4 is 14.4 Å². The minimum atomic E-state index is -0.616. The fourth-order valence-electron chi connectivity index (χ4n) is 3.91. The number of aryl methyl sites for hydroxylation is 3. The van der Waals surface area contributed by atoms with Gasteiger partial charge in [0.05, 0.1) is 29.5 Å². The molecule has 0 spiro atoms. The molecule has 6 nitrogen and oxygen atoms in total. The Balaban J connectivity index is 1.64. The van der Waals surface area contributed by atoms with Crippen LogP contribution in [0, 0.1) is 20.8 Å². The SMILES string of the molecule is COc1ccc(OC(=O)c2ccc3c(c2)C(=O)N(c2c(C)cc(C)cc2C)C3=O)cc1. The molecule has 0 radical (unpaired) electrons. The number of hydrogen-bond donors (Lipinski definition) is 0. The molecule has 1 heterocycles. The summed E-state index contributed by atoms with van der Waals surface area (Å²) >= 11 is 0. The Morgan fingerprint density at radius 3 is 1.97 bits per heavy atom. The molecule has 0 bridgehead atoms. The van der Waals surface area contributed by atoms with Crippen molar-refractivity contribution in [2.45, 2.75) is 20.8 Å². The van der Waals surface area contributed by atoms with Crippen molar-refractivity contribution in [2.24, 2.45) is 0 Å². The van der Waals surface area contributed by atoms with Crippen molar-refractivity contribution < 1.29 is 23.9 Å². The minimum absolute atomic E-state index is 0.188. The van der Waals surface area contributed by atoms with E-state index in [0.29, 0.717) is 17.2 Å². The maximum Gasteiger partial charge on any atom is 0.343 e. The molecule has 0 aromatic heterocycles. The summed E-state index contributed by atoms with van der Waals surface area (Å²) in [6.45, 7) is 5.71. The van der Waals surface area contributed by atoms with E-state index in [1.54, 1.807) is 31.4 Å². The number of methoxy groups -OCH3 is 1. The molecule has 156 valence electrons. The number of amides is 2. The Labute approximate surface area is 180 Å². The van der Waals surface area contributed by atoms with E-state index in [2.05, 4.69) is 0 Å². The lowest BCUT2D eigenvalue weighted by Crippen LogP contribution is -2.30. The first-order chi connectivity index (χ1) is 14.8. The van der Waals surface area contributed by atoms with Gasteiger partial charge in [0.1, 0.15) is 11.5 Å². The predicted octanol–water partition coefficient (Wildman–Crippen LogP) is 4.64. The van der Waals surface area contributed by atoms with Crippen molar-refractivity contribution in [3.8, 4) is 11.5 Å². The number of rotatable bonds is 4. The number of ether oxygens (including phenoxy) is 2. The number of anilines is 1. The first-order valence-corrected chi connectivity index (χ1v) is 9.77. The van der Waals surface area contributed by atoms with Crippen LogP contribution in [0.2, 0.25) is 0 Å². The van der Waals surface area contributed by atoms with Gasteiger partial charge in [0.25, 0.3) is 11.8 Å². The molecule has 1 aliphatic rings. The molecule has 6 heteroatoms. The van der Waals surface area contributed by atoms with Gasteiger partial charge < -0.3 is 9.47 Å². The fourth-order valence-corrected chi connectivity index (χ4v) is 3.91. The van der Waals surface area contributed by atoms with E-state index in [9.17, 15) is 14.4 Å². The lowest BCUT2D eigenvalue weighted by Gasteiger charge is -2.20. The molecule has 0 saturated carbocycles. The van der Waals surface area contributed by atoms with Crippen LogP contribution in [0.5, 0.6) is 11.5 Å². The van der Waals surface area contributed by atoms with Gasteiger partial charge in [-0.1, -0.05) is 17.7 Å². The van der Waals surface area contributed by atoms with Crippen LogP contribution in [0.1, 0.15) is 47.8 Å². The minimum Gasteiger partial charge on any atom is -0.497 e. The number of hydrogen-bond acceptors (Lipinski definition) is 5. The molecule has 4 rings (SSSR count). The molecule has 2 amide bonds. The second-order valence-electron chi connectivity index (χ2n) is 7.52. The highest BCUT2D eigenvalue weighted by atomic mass is 16.5. The van der Waals surface area contributed by atoms with Gasteiger partial charge >= 0.3 is 5.97 Å². The summed E-state index contributed by atoms with van der Waals surface area (Å²) in [6.07, 6.45) is 0. The zero-order valence-electron chi connectivity index (χ0n) is 17.7. The summed E-state index contributed by atoms with van der Waals surface area (Å²) in [7, 11) is 1.55. The first-order valence-electron chi connectivity index (χ1n) is 9.77. The van der Waals surface area contributed by atoms with Crippen LogP contribution in [-0.4, -0.2) is 24.9 Å². The Morgan fingerprint density at radius 2 is 1.35 bits per heavy atom. The van der Waals surface area contributed by atoms with Gasteiger partial charge in [-0.25, -0.2) is 9.69 Å². The molecule has 0 saturated heterocycles. The number of benzene rings is 3. The summed E-state index contributed by atoms with van der Waals surface area (Å²) in [6, 6.07) is 14.9. The molecular weight excluding hydrogens is 394 g/mol. The van der Waals surface area contributed by atoms with Crippen molar-refractivity contribution >= 4 is 23.5 Å². The average Bonchev–Trinajstić information content (AvgIpc) is 2.98. The largest absolute Gasteiger partial charge is 0.497 e. The van der Waals surface area contributed by atoms with E-state index in [4.69, 9.17) is 9.47 Å². The summed E-state index contributed by atoms with van der Waals surface area (Å²) in [5, 5.41) is 0. The Morgan fingerprint density at radius 1 is 0.774 bits per heavy atom. The highest BCUT2D eigenvalue weighted by molar-refractivity contribution is 6.35. The summed E-state index contributed by atoms with van der Waals surface area (Å²) in [5.74, 6) is -0.474. The average molecular weight is 415 g/mol. The van der Waals surface area contributed by atoms with Gasteiger partial charge in [-0.3, -0.25) is 9.59 Å². The maximum atomic E-state index is 13.1. The zero-order valence-corrected chi connectivity index (χ0v) is 17.7. The van der Waals surface area contributed by atoms with Crippen molar-refractivity contribution in [2.75, 3.05) is 12.0 Å². The van der Waals surface area contributed by atoms with E-state index in [1.807, 2.05) is 32.9 Å². The summed E-state index contributed by atoms with van der Waals surface area (Å²) in [4.78, 5) is 39.9. The van der Waals surface area contributed by atoms with E-state index in [0.717, 1.165) is 16.7 Å². The van der Waals surface area contributed by atoms with E-state index in [-0.39, 0.29) is 16.7 Å². The van der Waals surface area contributed by atoms with Crippen molar-refractivity contribution in [1.82, 2.24) is 0 Å². The molecular formula is C25H21NO5. The predicted molar refractivity (Wildman–Crippen MR) is 116 cm³/mol. The van der Waals surface area contributed by atoms with Gasteiger partial charge in [-0.2, -0.15) is 0 Å². The smallest absolute Gasteiger partial charge is 0.343 e. The van der Waals surface area contributed by atoms with Gasteiger partial charge in [0, 0.05) is 0 Å². The van der Waals surface area contributed by atoms with Gasteiger partial charge in [0.15, 0.2) is 0 Å².